The Bertz CT molecular complexity index is 392. The number of ether oxygens (including phenoxy) is 1. The number of piperidine rings is 1. The molecule has 2 heterocycles. The molecule has 2 N–H and O–H groups in total. The number of carbonyl (C=O) groups excluding carboxylic acids is 1. The van der Waals surface area contributed by atoms with Crippen LogP contribution in [0.15, 0.2) is 24.4 Å². The molecule has 0 spiro atoms. The number of nitrogens with one attached hydrogen (secondary N) is 2. The van der Waals surface area contributed by atoms with Gasteiger partial charge < -0.3 is 15.4 Å². The van der Waals surface area contributed by atoms with Crippen LogP contribution in [0.4, 0.5) is 5.82 Å². The number of amides is 1. The summed E-state index contributed by atoms with van der Waals surface area (Å²) in [5, 5.41) is 6.14. The van der Waals surface area contributed by atoms with Crippen LogP contribution in [0.25, 0.3) is 0 Å². The molecule has 20 heavy (non-hydrogen) atoms. The maximum absolute atomic E-state index is 12.4. The highest BCUT2D eigenvalue weighted by atomic mass is 35.5. The van der Waals surface area contributed by atoms with Crippen molar-refractivity contribution in [3.63, 3.8) is 0 Å². The van der Waals surface area contributed by atoms with Gasteiger partial charge in [-0.25, -0.2) is 4.98 Å². The third-order valence-corrected chi connectivity index (χ3v) is 3.37. The van der Waals surface area contributed by atoms with Crippen LogP contribution in [-0.4, -0.2) is 37.7 Å². The summed E-state index contributed by atoms with van der Waals surface area (Å²) >= 11 is 0. The molecule has 2 rings (SSSR count). The second kappa shape index (κ2) is 9.13. The lowest BCUT2D eigenvalue weighted by molar-refractivity contribution is -0.130. The summed E-state index contributed by atoms with van der Waals surface area (Å²) < 4.78 is 5.23. The highest BCUT2D eigenvalue weighted by molar-refractivity contribution is 5.94. The van der Waals surface area contributed by atoms with Gasteiger partial charge in [0.1, 0.15) is 5.82 Å². The Balaban J connectivity index is 0.00000180. The first-order chi connectivity index (χ1) is 8.77. The van der Waals surface area contributed by atoms with Gasteiger partial charge in [-0.05, 0) is 38.1 Å². The summed E-state index contributed by atoms with van der Waals surface area (Å²) in [4.78, 5) is 16.5. The third-order valence-electron chi connectivity index (χ3n) is 3.37. The van der Waals surface area contributed by atoms with Crippen molar-refractivity contribution >= 4 is 36.5 Å². The molecule has 0 unspecified atom stereocenters. The number of carbonyl (C=O) groups is 1. The SMILES string of the molecule is COCC1(C(=O)Nc2ccccn2)CCNCC1.Cl.Cl. The number of nitrogens with zero attached hydrogens (tertiary/aromatic N) is 1. The molecule has 1 saturated heterocycles. The van der Waals surface area contributed by atoms with E-state index in [-0.39, 0.29) is 30.7 Å². The number of rotatable bonds is 4. The van der Waals surface area contributed by atoms with Gasteiger partial charge in [0.25, 0.3) is 0 Å². The summed E-state index contributed by atoms with van der Waals surface area (Å²) in [5.41, 5.74) is -0.433. The molecule has 0 radical (unpaired) electrons. The number of pyridine rings is 1. The molecule has 0 aromatic carbocycles. The second-order valence-electron chi connectivity index (χ2n) is 4.63. The van der Waals surface area contributed by atoms with E-state index >= 15 is 0 Å². The van der Waals surface area contributed by atoms with Crippen molar-refractivity contribution in [3.05, 3.63) is 24.4 Å². The molecule has 1 fully saturated rings. The van der Waals surface area contributed by atoms with Crippen molar-refractivity contribution in [2.45, 2.75) is 12.8 Å². The summed E-state index contributed by atoms with van der Waals surface area (Å²) in [6.07, 6.45) is 3.25. The first-order valence-electron chi connectivity index (χ1n) is 6.19. The molecule has 1 amide bonds. The summed E-state index contributed by atoms with van der Waals surface area (Å²) in [6, 6.07) is 5.47. The quantitative estimate of drug-likeness (QED) is 0.888. The van der Waals surface area contributed by atoms with E-state index in [0.29, 0.717) is 12.4 Å². The number of methoxy groups -OCH3 is 1. The largest absolute Gasteiger partial charge is 0.384 e. The second-order valence-corrected chi connectivity index (χ2v) is 4.63. The molecule has 1 aliphatic heterocycles. The molecule has 0 bridgehead atoms. The Labute approximate surface area is 131 Å². The first kappa shape index (κ1) is 19.1. The number of aromatic nitrogens is 1. The van der Waals surface area contributed by atoms with E-state index in [1.54, 1.807) is 19.4 Å². The molecular weight excluding hydrogens is 301 g/mol. The van der Waals surface area contributed by atoms with E-state index in [1.807, 2.05) is 12.1 Å². The van der Waals surface area contributed by atoms with Crippen LogP contribution in [0.2, 0.25) is 0 Å². The van der Waals surface area contributed by atoms with E-state index in [2.05, 4.69) is 15.6 Å². The van der Waals surface area contributed by atoms with Crippen LogP contribution in [0.1, 0.15) is 12.8 Å². The van der Waals surface area contributed by atoms with Gasteiger partial charge in [0.2, 0.25) is 5.91 Å². The van der Waals surface area contributed by atoms with Crippen molar-refractivity contribution < 1.29 is 9.53 Å². The lowest BCUT2D eigenvalue weighted by atomic mass is 9.78. The van der Waals surface area contributed by atoms with Gasteiger partial charge >= 0.3 is 0 Å². The van der Waals surface area contributed by atoms with Crippen molar-refractivity contribution in [2.75, 3.05) is 32.1 Å². The van der Waals surface area contributed by atoms with E-state index in [0.717, 1.165) is 25.9 Å². The zero-order valence-electron chi connectivity index (χ0n) is 11.4. The lowest BCUT2D eigenvalue weighted by Crippen LogP contribution is -2.47. The highest BCUT2D eigenvalue weighted by Crippen LogP contribution is 2.30. The number of hydrogen-bond donors (Lipinski definition) is 2. The van der Waals surface area contributed by atoms with Crippen LogP contribution >= 0.6 is 24.8 Å². The van der Waals surface area contributed by atoms with Crippen LogP contribution in [-0.2, 0) is 9.53 Å². The predicted octanol–water partition coefficient (Wildman–Crippen LogP) is 1.88. The molecule has 114 valence electrons. The van der Waals surface area contributed by atoms with Crippen molar-refractivity contribution in [1.29, 1.82) is 0 Å². The van der Waals surface area contributed by atoms with E-state index in [1.165, 1.54) is 0 Å². The van der Waals surface area contributed by atoms with Crippen LogP contribution in [0.5, 0.6) is 0 Å². The summed E-state index contributed by atoms with van der Waals surface area (Å²) in [6.45, 7) is 2.14. The Kier molecular flexibility index (Phi) is 8.73. The van der Waals surface area contributed by atoms with Gasteiger partial charge in [0.15, 0.2) is 0 Å². The molecule has 7 heteroatoms. The molecular formula is C13H21Cl2N3O2. The average Bonchev–Trinajstić information content (AvgIpc) is 2.41. The lowest BCUT2D eigenvalue weighted by Gasteiger charge is -2.35. The van der Waals surface area contributed by atoms with Gasteiger partial charge in [-0.2, -0.15) is 0 Å². The fourth-order valence-corrected chi connectivity index (χ4v) is 2.30. The zero-order valence-corrected chi connectivity index (χ0v) is 13.1. The van der Waals surface area contributed by atoms with Crippen LogP contribution < -0.4 is 10.6 Å². The number of halogens is 2. The van der Waals surface area contributed by atoms with E-state index < -0.39 is 5.41 Å². The molecule has 0 atom stereocenters. The topological polar surface area (TPSA) is 63.2 Å². The molecule has 1 aromatic rings. The Morgan fingerprint density at radius 3 is 2.65 bits per heavy atom. The van der Waals surface area contributed by atoms with Gasteiger partial charge in [0, 0.05) is 13.3 Å². The van der Waals surface area contributed by atoms with Gasteiger partial charge in [-0.1, -0.05) is 6.07 Å². The van der Waals surface area contributed by atoms with E-state index in [4.69, 9.17) is 4.74 Å². The minimum atomic E-state index is -0.433. The maximum atomic E-state index is 12.4. The average molecular weight is 322 g/mol. The predicted molar refractivity (Wildman–Crippen MR) is 83.8 cm³/mol. The normalized spacial score (nSPS) is 16.4. The summed E-state index contributed by atoms with van der Waals surface area (Å²) in [7, 11) is 1.64. The Morgan fingerprint density at radius 1 is 1.40 bits per heavy atom. The number of hydrogen-bond acceptors (Lipinski definition) is 4. The molecule has 5 nitrogen and oxygen atoms in total. The third kappa shape index (κ3) is 4.59. The Hall–Kier alpha value is -0.880. The monoisotopic (exact) mass is 321 g/mol. The fourth-order valence-electron chi connectivity index (χ4n) is 2.30. The van der Waals surface area contributed by atoms with Crippen LogP contribution in [0.3, 0.4) is 0 Å². The minimum absolute atomic E-state index is 0. The number of anilines is 1. The smallest absolute Gasteiger partial charge is 0.234 e. The molecule has 0 aliphatic carbocycles. The maximum Gasteiger partial charge on any atom is 0.234 e. The molecule has 0 saturated carbocycles. The van der Waals surface area contributed by atoms with Crippen molar-refractivity contribution in [3.8, 4) is 0 Å². The Morgan fingerprint density at radius 2 is 2.10 bits per heavy atom. The molecule has 1 aliphatic rings. The summed E-state index contributed by atoms with van der Waals surface area (Å²) in [5.74, 6) is 0.598. The van der Waals surface area contributed by atoms with Gasteiger partial charge in [-0.15, -0.1) is 24.8 Å². The first-order valence-corrected chi connectivity index (χ1v) is 6.19. The van der Waals surface area contributed by atoms with Crippen molar-refractivity contribution in [1.82, 2.24) is 10.3 Å². The fraction of sp³-hybridized carbons (Fsp3) is 0.538. The molecule has 1 aromatic heterocycles. The van der Waals surface area contributed by atoms with Crippen molar-refractivity contribution in [2.24, 2.45) is 5.41 Å². The van der Waals surface area contributed by atoms with Gasteiger partial charge in [-0.3, -0.25) is 4.79 Å². The minimum Gasteiger partial charge on any atom is -0.384 e. The highest BCUT2D eigenvalue weighted by Gasteiger charge is 2.39. The standard InChI is InChI=1S/C13H19N3O2.2ClH/c1-18-10-13(5-8-14-9-6-13)12(17)16-11-4-2-3-7-15-11;;/h2-4,7,14H,5-6,8-10H2,1H3,(H,15,16,17);2*1H. The van der Waals surface area contributed by atoms with Crippen LogP contribution in [0, 0.1) is 5.41 Å². The van der Waals surface area contributed by atoms with E-state index in [9.17, 15) is 4.79 Å². The van der Waals surface area contributed by atoms with Gasteiger partial charge in [0.05, 0.1) is 12.0 Å². The zero-order chi connectivity index (χ0) is 12.8.